The third-order valence-electron chi connectivity index (χ3n) is 4.39. The van der Waals surface area contributed by atoms with Gasteiger partial charge in [0.2, 0.25) is 5.88 Å². The molecule has 1 aliphatic rings. The van der Waals surface area contributed by atoms with E-state index < -0.39 is 0 Å². The van der Waals surface area contributed by atoms with Gasteiger partial charge in [0.15, 0.2) is 0 Å². The van der Waals surface area contributed by atoms with Crippen LogP contribution in [0.4, 0.5) is 17.1 Å². The fraction of sp³-hybridized carbons (Fsp3) is 0.0952. The molecule has 3 aromatic rings. The molecule has 5 nitrogen and oxygen atoms in total. The first kappa shape index (κ1) is 17.2. The van der Waals surface area contributed by atoms with Gasteiger partial charge in [-0.05, 0) is 36.8 Å². The number of aromatic nitrogens is 1. The Morgan fingerprint density at radius 2 is 1.93 bits per heavy atom. The van der Waals surface area contributed by atoms with Crippen LogP contribution in [0.2, 0.25) is 5.02 Å². The molecule has 134 valence electrons. The molecule has 27 heavy (non-hydrogen) atoms. The molecule has 1 amide bonds. The number of nitrogens with zero attached hydrogens (tertiary/aromatic N) is 3. The number of aryl methyl sites for hydroxylation is 1. The first-order valence-corrected chi connectivity index (χ1v) is 8.75. The zero-order valence-corrected chi connectivity index (χ0v) is 15.6. The molecule has 0 spiro atoms. The lowest BCUT2D eigenvalue weighted by Gasteiger charge is -2.16. The number of benzene rings is 2. The van der Waals surface area contributed by atoms with E-state index in [9.17, 15) is 4.79 Å². The van der Waals surface area contributed by atoms with E-state index in [0.29, 0.717) is 28.0 Å². The second-order valence-electron chi connectivity index (χ2n) is 6.11. The Labute approximate surface area is 161 Å². The number of ether oxygens (including phenoxy) is 1. The minimum Gasteiger partial charge on any atom is -0.481 e. The number of pyridine rings is 1. The summed E-state index contributed by atoms with van der Waals surface area (Å²) >= 11 is 6.20. The molecule has 2 heterocycles. The second kappa shape index (κ2) is 6.85. The number of aliphatic imine (C=N–C) groups is 1. The van der Waals surface area contributed by atoms with Gasteiger partial charge in [0.25, 0.3) is 5.91 Å². The van der Waals surface area contributed by atoms with Gasteiger partial charge in [-0.2, -0.15) is 0 Å². The van der Waals surface area contributed by atoms with E-state index in [4.69, 9.17) is 16.3 Å². The van der Waals surface area contributed by atoms with E-state index in [1.807, 2.05) is 43.3 Å². The number of para-hydroxylation sites is 1. The fourth-order valence-electron chi connectivity index (χ4n) is 2.97. The molecule has 1 aromatic heterocycles. The zero-order valence-electron chi connectivity index (χ0n) is 14.8. The Balaban J connectivity index is 1.81. The van der Waals surface area contributed by atoms with Crippen molar-refractivity contribution in [2.24, 2.45) is 4.99 Å². The molecular formula is C21H16ClN3O2. The highest BCUT2D eigenvalue weighted by Gasteiger charge is 2.35. The monoisotopic (exact) mass is 377 g/mol. The molecule has 1 aliphatic heterocycles. The van der Waals surface area contributed by atoms with Crippen LogP contribution >= 0.6 is 11.6 Å². The Morgan fingerprint density at radius 1 is 1.11 bits per heavy atom. The lowest BCUT2D eigenvalue weighted by Crippen LogP contribution is -2.25. The number of rotatable bonds is 3. The maximum absolute atomic E-state index is 13.2. The first-order valence-electron chi connectivity index (χ1n) is 8.37. The Morgan fingerprint density at radius 3 is 2.63 bits per heavy atom. The summed E-state index contributed by atoms with van der Waals surface area (Å²) in [5, 5.41) is 0.617. The third-order valence-corrected chi connectivity index (χ3v) is 4.80. The SMILES string of the molecule is COc1ccc(N2C(=O)C(=Nc3ccc(C)c(Cl)c3)c3ccccc32)cn1. The van der Waals surface area contributed by atoms with Gasteiger partial charge in [-0.25, -0.2) is 9.98 Å². The van der Waals surface area contributed by atoms with Crippen molar-refractivity contribution >= 4 is 40.3 Å². The van der Waals surface area contributed by atoms with Crippen LogP contribution in [0.3, 0.4) is 0 Å². The molecule has 0 saturated carbocycles. The van der Waals surface area contributed by atoms with Crippen molar-refractivity contribution in [2.75, 3.05) is 12.0 Å². The maximum Gasteiger partial charge on any atom is 0.282 e. The Hall–Kier alpha value is -3.18. The van der Waals surface area contributed by atoms with Gasteiger partial charge in [-0.1, -0.05) is 35.9 Å². The van der Waals surface area contributed by atoms with Crippen LogP contribution in [0.1, 0.15) is 11.1 Å². The molecule has 0 aliphatic carbocycles. The average molecular weight is 378 g/mol. The van der Waals surface area contributed by atoms with Crippen LogP contribution in [0.15, 0.2) is 65.8 Å². The largest absolute Gasteiger partial charge is 0.481 e. The van der Waals surface area contributed by atoms with E-state index >= 15 is 0 Å². The minimum atomic E-state index is -0.208. The molecule has 6 heteroatoms. The van der Waals surface area contributed by atoms with Crippen molar-refractivity contribution in [2.45, 2.75) is 6.92 Å². The summed E-state index contributed by atoms with van der Waals surface area (Å²) in [4.78, 5) is 23.6. The number of amides is 1. The number of halogens is 1. The number of anilines is 2. The normalized spacial score (nSPS) is 14.6. The maximum atomic E-state index is 13.2. The van der Waals surface area contributed by atoms with Crippen molar-refractivity contribution in [3.63, 3.8) is 0 Å². The van der Waals surface area contributed by atoms with Gasteiger partial charge in [-0.3, -0.25) is 9.69 Å². The number of fused-ring (bicyclic) bond motifs is 1. The minimum absolute atomic E-state index is 0.208. The number of hydrogen-bond acceptors (Lipinski definition) is 4. The molecule has 0 fully saturated rings. The highest BCUT2D eigenvalue weighted by molar-refractivity contribution is 6.56. The smallest absolute Gasteiger partial charge is 0.282 e. The van der Waals surface area contributed by atoms with Crippen molar-refractivity contribution in [3.05, 3.63) is 76.9 Å². The summed E-state index contributed by atoms with van der Waals surface area (Å²) < 4.78 is 5.10. The van der Waals surface area contributed by atoms with Crippen LogP contribution in [-0.2, 0) is 4.79 Å². The van der Waals surface area contributed by atoms with E-state index in [1.165, 1.54) is 0 Å². The van der Waals surface area contributed by atoms with E-state index in [0.717, 1.165) is 16.8 Å². The highest BCUT2D eigenvalue weighted by atomic mass is 35.5. The van der Waals surface area contributed by atoms with Gasteiger partial charge in [0.1, 0.15) is 5.71 Å². The summed E-state index contributed by atoms with van der Waals surface area (Å²) in [5.74, 6) is 0.279. The first-order chi connectivity index (χ1) is 13.1. The number of methoxy groups -OCH3 is 1. The van der Waals surface area contributed by atoms with Crippen molar-refractivity contribution < 1.29 is 9.53 Å². The predicted octanol–water partition coefficient (Wildman–Crippen LogP) is 4.85. The Kier molecular flexibility index (Phi) is 4.38. The van der Waals surface area contributed by atoms with Gasteiger partial charge in [0.05, 0.1) is 30.4 Å². The summed E-state index contributed by atoms with van der Waals surface area (Å²) in [6.07, 6.45) is 1.61. The number of carbonyl (C=O) groups is 1. The average Bonchev–Trinajstić information content (AvgIpc) is 2.97. The second-order valence-corrected chi connectivity index (χ2v) is 6.52. The van der Waals surface area contributed by atoms with Crippen molar-refractivity contribution in [3.8, 4) is 5.88 Å². The summed E-state index contributed by atoms with van der Waals surface area (Å²) in [6, 6.07) is 16.6. The van der Waals surface area contributed by atoms with E-state index in [2.05, 4.69) is 9.98 Å². The van der Waals surface area contributed by atoms with Crippen LogP contribution in [0, 0.1) is 6.92 Å². The molecule has 0 saturated heterocycles. The van der Waals surface area contributed by atoms with Crippen LogP contribution in [0.25, 0.3) is 0 Å². The lowest BCUT2D eigenvalue weighted by atomic mass is 10.1. The zero-order chi connectivity index (χ0) is 19.0. The summed E-state index contributed by atoms with van der Waals surface area (Å²) in [6.45, 7) is 1.92. The molecule has 0 bridgehead atoms. The molecular weight excluding hydrogens is 362 g/mol. The standard InChI is InChI=1S/C21H16ClN3O2/c1-13-7-8-14(11-17(13)22)24-20-16-5-3-4-6-18(16)25(21(20)26)15-9-10-19(27-2)23-12-15/h3-12H,1-2H3. The van der Waals surface area contributed by atoms with Crippen molar-refractivity contribution in [1.29, 1.82) is 0 Å². The molecule has 0 N–H and O–H groups in total. The Bertz CT molecular complexity index is 1060. The predicted molar refractivity (Wildman–Crippen MR) is 107 cm³/mol. The van der Waals surface area contributed by atoms with Gasteiger partial charge < -0.3 is 4.74 Å². The molecule has 2 aromatic carbocycles. The van der Waals surface area contributed by atoms with Crippen LogP contribution < -0.4 is 9.64 Å². The molecule has 0 atom stereocenters. The van der Waals surface area contributed by atoms with Crippen LogP contribution in [-0.4, -0.2) is 23.7 Å². The van der Waals surface area contributed by atoms with Crippen molar-refractivity contribution in [1.82, 2.24) is 4.98 Å². The number of carbonyl (C=O) groups excluding carboxylic acids is 1. The fourth-order valence-corrected chi connectivity index (χ4v) is 3.14. The third kappa shape index (κ3) is 3.06. The molecule has 0 radical (unpaired) electrons. The highest BCUT2D eigenvalue weighted by Crippen LogP contribution is 2.36. The summed E-state index contributed by atoms with van der Waals surface area (Å²) in [7, 11) is 1.55. The van der Waals surface area contributed by atoms with Gasteiger partial charge in [0, 0.05) is 16.7 Å². The van der Waals surface area contributed by atoms with E-state index in [-0.39, 0.29) is 5.91 Å². The van der Waals surface area contributed by atoms with Crippen LogP contribution in [0.5, 0.6) is 5.88 Å². The molecule has 0 unspecified atom stereocenters. The number of hydrogen-bond donors (Lipinski definition) is 0. The van der Waals surface area contributed by atoms with Gasteiger partial charge in [-0.15, -0.1) is 0 Å². The quantitative estimate of drug-likeness (QED) is 0.655. The van der Waals surface area contributed by atoms with Gasteiger partial charge >= 0.3 is 0 Å². The van der Waals surface area contributed by atoms with E-state index in [1.54, 1.807) is 36.4 Å². The summed E-state index contributed by atoms with van der Waals surface area (Å²) in [5.41, 5.74) is 4.17. The lowest BCUT2D eigenvalue weighted by molar-refractivity contribution is -0.111. The molecule has 4 rings (SSSR count). The topological polar surface area (TPSA) is 54.8 Å².